The first-order valence-electron chi connectivity index (χ1n) is 5.44. The summed E-state index contributed by atoms with van der Waals surface area (Å²) in [5.41, 5.74) is 2.77. The van der Waals surface area contributed by atoms with Crippen molar-refractivity contribution >= 4 is 23.5 Å². The van der Waals surface area contributed by atoms with Gasteiger partial charge in [-0.15, -0.1) is 11.3 Å². The number of carbonyl (C=O) groups excluding carboxylic acids is 1. The van der Waals surface area contributed by atoms with Crippen molar-refractivity contribution in [2.24, 2.45) is 5.10 Å². The zero-order valence-electron chi connectivity index (χ0n) is 10.2. The summed E-state index contributed by atoms with van der Waals surface area (Å²) in [5, 5.41) is 15.2. The summed E-state index contributed by atoms with van der Waals surface area (Å²) < 4.78 is 4.93. The molecule has 0 aliphatic heterocycles. The molecule has 0 aliphatic carbocycles. The van der Waals surface area contributed by atoms with E-state index in [4.69, 9.17) is 4.74 Å². The lowest BCUT2D eigenvalue weighted by molar-refractivity contribution is 0.0955. The molecule has 2 aromatic rings. The number of amides is 1. The van der Waals surface area contributed by atoms with E-state index in [1.54, 1.807) is 6.21 Å². The Hall–Kier alpha value is -2.34. The minimum Gasteiger partial charge on any atom is -0.504 e. The molecule has 0 spiro atoms. The molecule has 1 aromatic carbocycles. The van der Waals surface area contributed by atoms with Crippen LogP contribution in [0.4, 0.5) is 0 Å². The van der Waals surface area contributed by atoms with Gasteiger partial charge in [0, 0.05) is 10.4 Å². The predicted molar refractivity (Wildman–Crippen MR) is 74.0 cm³/mol. The molecule has 0 saturated carbocycles. The maximum Gasteiger partial charge on any atom is 0.271 e. The number of hydrazone groups is 1. The first kappa shape index (κ1) is 13.1. The number of benzene rings is 1. The Morgan fingerprint density at radius 2 is 2.32 bits per heavy atom. The number of phenolic OH excluding ortho intramolecular Hbond substituents is 1. The normalized spacial score (nSPS) is 10.6. The van der Waals surface area contributed by atoms with Crippen LogP contribution in [0.15, 0.2) is 40.8 Å². The minimum absolute atomic E-state index is 0.0128. The van der Waals surface area contributed by atoms with E-state index in [1.807, 2.05) is 17.5 Å². The van der Waals surface area contributed by atoms with Gasteiger partial charge in [0.15, 0.2) is 11.5 Å². The van der Waals surface area contributed by atoms with Crippen molar-refractivity contribution in [3.63, 3.8) is 0 Å². The largest absolute Gasteiger partial charge is 0.504 e. The lowest BCUT2D eigenvalue weighted by Gasteiger charge is -2.05. The van der Waals surface area contributed by atoms with Crippen molar-refractivity contribution in [3.8, 4) is 11.5 Å². The summed E-state index contributed by atoms with van der Waals surface area (Å²) in [6.45, 7) is 0. The second-order valence-electron chi connectivity index (χ2n) is 3.60. The molecule has 2 rings (SSSR count). The monoisotopic (exact) mass is 276 g/mol. The summed E-state index contributed by atoms with van der Waals surface area (Å²) in [6.07, 6.45) is 1.57. The van der Waals surface area contributed by atoms with Gasteiger partial charge in [-0.1, -0.05) is 6.07 Å². The molecule has 0 saturated heterocycles. The third-order valence-electron chi connectivity index (χ3n) is 2.34. The average Bonchev–Trinajstić information content (AvgIpc) is 2.92. The molecule has 0 unspecified atom stereocenters. The lowest BCUT2D eigenvalue weighted by Crippen LogP contribution is -2.17. The number of ether oxygens (including phenoxy) is 1. The van der Waals surface area contributed by atoms with E-state index in [2.05, 4.69) is 10.5 Å². The van der Waals surface area contributed by atoms with E-state index in [0.29, 0.717) is 5.56 Å². The van der Waals surface area contributed by atoms with Crippen LogP contribution in [0, 0.1) is 0 Å². The number of thiophene rings is 1. The van der Waals surface area contributed by atoms with Gasteiger partial charge < -0.3 is 9.84 Å². The molecule has 0 fully saturated rings. The van der Waals surface area contributed by atoms with E-state index in [9.17, 15) is 9.90 Å². The Kier molecular flexibility index (Phi) is 4.15. The highest BCUT2D eigenvalue weighted by Gasteiger charge is 2.08. The zero-order chi connectivity index (χ0) is 13.7. The second-order valence-corrected chi connectivity index (χ2v) is 4.58. The molecule has 1 amide bonds. The topological polar surface area (TPSA) is 70.9 Å². The Labute approximate surface area is 114 Å². The van der Waals surface area contributed by atoms with E-state index in [-0.39, 0.29) is 17.4 Å². The fraction of sp³-hybridized carbons (Fsp3) is 0.0769. The van der Waals surface area contributed by atoms with Gasteiger partial charge in [-0.25, -0.2) is 5.43 Å². The minimum atomic E-state index is -0.369. The van der Waals surface area contributed by atoms with Crippen LogP contribution in [0.5, 0.6) is 11.5 Å². The zero-order valence-corrected chi connectivity index (χ0v) is 11.0. The molecule has 2 N–H and O–H groups in total. The Morgan fingerprint density at radius 1 is 1.47 bits per heavy atom. The average molecular weight is 276 g/mol. The molecular formula is C13H12N2O3S. The van der Waals surface area contributed by atoms with Crippen molar-refractivity contribution in [1.82, 2.24) is 5.43 Å². The summed E-state index contributed by atoms with van der Waals surface area (Å²) in [7, 11) is 1.42. The third kappa shape index (κ3) is 3.32. The molecule has 0 aliphatic rings. The van der Waals surface area contributed by atoms with Crippen molar-refractivity contribution in [2.45, 2.75) is 0 Å². The smallest absolute Gasteiger partial charge is 0.271 e. The quantitative estimate of drug-likeness (QED) is 0.664. The van der Waals surface area contributed by atoms with E-state index in [1.165, 1.54) is 36.6 Å². The summed E-state index contributed by atoms with van der Waals surface area (Å²) in [6, 6.07) is 8.14. The molecule has 6 heteroatoms. The Balaban J connectivity index is 2.04. The highest BCUT2D eigenvalue weighted by molar-refractivity contribution is 7.11. The van der Waals surface area contributed by atoms with E-state index in [0.717, 1.165) is 4.88 Å². The van der Waals surface area contributed by atoms with Crippen molar-refractivity contribution < 1.29 is 14.6 Å². The maximum absolute atomic E-state index is 11.8. The van der Waals surface area contributed by atoms with Crippen LogP contribution in [0.3, 0.4) is 0 Å². The third-order valence-corrected chi connectivity index (χ3v) is 3.15. The molecule has 1 aromatic heterocycles. The molecule has 98 valence electrons. The Morgan fingerprint density at radius 3 is 3.00 bits per heavy atom. The molecule has 0 bridgehead atoms. The van der Waals surface area contributed by atoms with Gasteiger partial charge in [-0.3, -0.25) is 4.79 Å². The van der Waals surface area contributed by atoms with Crippen LogP contribution in [-0.4, -0.2) is 24.3 Å². The van der Waals surface area contributed by atoms with Crippen LogP contribution in [0.2, 0.25) is 0 Å². The fourth-order valence-electron chi connectivity index (χ4n) is 1.40. The fourth-order valence-corrected chi connectivity index (χ4v) is 1.99. The second kappa shape index (κ2) is 6.01. The SMILES string of the molecule is COc1cc(C(=O)N/N=C\c2cccs2)ccc1O. The number of methoxy groups -OCH3 is 1. The van der Waals surface area contributed by atoms with Crippen LogP contribution in [0.25, 0.3) is 0 Å². The van der Waals surface area contributed by atoms with Gasteiger partial charge in [-0.05, 0) is 29.6 Å². The first-order chi connectivity index (χ1) is 9.20. The van der Waals surface area contributed by atoms with Gasteiger partial charge in [0.05, 0.1) is 13.3 Å². The van der Waals surface area contributed by atoms with Gasteiger partial charge in [-0.2, -0.15) is 5.10 Å². The molecule has 19 heavy (non-hydrogen) atoms. The number of hydrogen-bond acceptors (Lipinski definition) is 5. The number of hydrogen-bond donors (Lipinski definition) is 2. The molecule has 1 heterocycles. The summed E-state index contributed by atoms with van der Waals surface area (Å²) in [4.78, 5) is 12.7. The highest BCUT2D eigenvalue weighted by Crippen LogP contribution is 2.26. The number of nitrogens with zero attached hydrogens (tertiary/aromatic N) is 1. The number of phenols is 1. The van der Waals surface area contributed by atoms with Crippen LogP contribution in [-0.2, 0) is 0 Å². The van der Waals surface area contributed by atoms with Crippen LogP contribution >= 0.6 is 11.3 Å². The molecular weight excluding hydrogens is 264 g/mol. The van der Waals surface area contributed by atoms with Crippen molar-refractivity contribution in [3.05, 3.63) is 46.2 Å². The number of carbonyl (C=O) groups is 1. The van der Waals surface area contributed by atoms with Gasteiger partial charge in [0.25, 0.3) is 5.91 Å². The van der Waals surface area contributed by atoms with E-state index >= 15 is 0 Å². The lowest BCUT2D eigenvalue weighted by atomic mass is 10.2. The van der Waals surface area contributed by atoms with Crippen molar-refractivity contribution in [2.75, 3.05) is 7.11 Å². The Bertz CT molecular complexity index is 594. The number of rotatable bonds is 4. The maximum atomic E-state index is 11.8. The van der Waals surface area contributed by atoms with Crippen LogP contribution in [0.1, 0.15) is 15.2 Å². The molecule has 0 atom stereocenters. The van der Waals surface area contributed by atoms with Crippen LogP contribution < -0.4 is 10.2 Å². The first-order valence-corrected chi connectivity index (χ1v) is 6.32. The van der Waals surface area contributed by atoms with E-state index < -0.39 is 0 Å². The van der Waals surface area contributed by atoms with Gasteiger partial charge in [0.2, 0.25) is 0 Å². The highest BCUT2D eigenvalue weighted by atomic mass is 32.1. The van der Waals surface area contributed by atoms with Gasteiger partial charge in [0.1, 0.15) is 0 Å². The van der Waals surface area contributed by atoms with Gasteiger partial charge >= 0.3 is 0 Å². The molecule has 5 nitrogen and oxygen atoms in total. The summed E-state index contributed by atoms with van der Waals surface area (Å²) in [5.74, 6) is -0.137. The summed E-state index contributed by atoms with van der Waals surface area (Å²) >= 11 is 1.52. The predicted octanol–water partition coefficient (Wildman–Crippen LogP) is 2.23. The molecule has 0 radical (unpaired) electrons. The number of aromatic hydroxyl groups is 1. The number of nitrogens with one attached hydrogen (secondary N) is 1. The standard InChI is InChI=1S/C13H12N2O3S/c1-18-12-7-9(4-5-11(12)16)13(17)15-14-8-10-3-2-6-19-10/h2-8,16H,1H3,(H,15,17)/b14-8-. The van der Waals surface area contributed by atoms with Crippen molar-refractivity contribution in [1.29, 1.82) is 0 Å².